The van der Waals surface area contributed by atoms with Crippen LogP contribution in [0.1, 0.15) is 0 Å². The molecule has 1 heterocycles. The molecule has 0 amide bonds. The minimum Gasteiger partial charge on any atom is -0.371 e. The Kier molecular flexibility index (Phi) is 10.0. The second-order valence-corrected chi connectivity index (χ2v) is 9.17. The molecule has 0 aromatic carbocycles. The second-order valence-electron chi connectivity index (χ2n) is 9.17. The first kappa shape index (κ1) is 43.9. The van der Waals surface area contributed by atoms with E-state index in [2.05, 4.69) is 9.47 Å². The predicted molar refractivity (Wildman–Crippen MR) is 86.1 cm³/mol. The van der Waals surface area contributed by atoms with E-state index in [1.165, 1.54) is 0 Å². The zero-order chi connectivity index (χ0) is 39.4. The molecule has 0 aromatic heterocycles. The largest absolute Gasteiger partial charge is 0.460 e. The Labute approximate surface area is 241 Å². The van der Waals surface area contributed by atoms with Gasteiger partial charge in [-0.3, -0.25) is 0 Å². The molecule has 1 aliphatic heterocycles. The number of rotatable bonds is 15. The van der Waals surface area contributed by atoms with Crippen LogP contribution < -0.4 is 0 Å². The third-order valence-electron chi connectivity index (χ3n) is 5.91. The Hall–Kier alpha value is -2.11. The lowest BCUT2D eigenvalue weighted by Gasteiger charge is -2.46. The molecule has 1 fully saturated rings. The van der Waals surface area contributed by atoms with Gasteiger partial charge in [0.05, 0.1) is 13.2 Å². The molecule has 0 aromatic rings. The summed E-state index contributed by atoms with van der Waals surface area (Å²) in [6.07, 6.45) is -17.4. The maximum Gasteiger partial charge on any atom is 0.460 e. The molecular weight excluding hydrogens is 787 g/mol. The monoisotopic (exact) mass is 792 g/mol. The van der Waals surface area contributed by atoms with Crippen molar-refractivity contribution in [3.05, 3.63) is 0 Å². The molecule has 0 aliphatic carbocycles. The van der Waals surface area contributed by atoms with Crippen molar-refractivity contribution in [2.75, 3.05) is 13.2 Å². The first-order valence-corrected chi connectivity index (χ1v) is 10.6. The van der Waals surface area contributed by atoms with E-state index >= 15 is 0 Å². The minimum absolute atomic E-state index is 0.750. The first-order valence-electron chi connectivity index (χ1n) is 10.6. The Balaban J connectivity index is 3.87. The van der Waals surface area contributed by atoms with Gasteiger partial charge in [0.25, 0.3) is 0 Å². The lowest BCUT2D eigenvalue weighted by Crippen LogP contribution is -2.79. The molecule has 48 heavy (non-hydrogen) atoms. The van der Waals surface area contributed by atoms with Crippen molar-refractivity contribution in [2.45, 2.75) is 89.5 Å². The van der Waals surface area contributed by atoms with Gasteiger partial charge in [0.2, 0.25) is 0 Å². The van der Waals surface area contributed by atoms with E-state index in [4.69, 9.17) is 0 Å². The smallest absolute Gasteiger partial charge is 0.371 e. The van der Waals surface area contributed by atoms with Crippen molar-refractivity contribution in [3.8, 4) is 0 Å². The highest BCUT2D eigenvalue weighted by atomic mass is 19.4. The highest BCUT2D eigenvalue weighted by Crippen LogP contribution is 2.69. The molecular formula is C17H5F29O2. The first-order chi connectivity index (χ1) is 20.3. The van der Waals surface area contributed by atoms with Crippen molar-refractivity contribution in [3.63, 3.8) is 0 Å². The molecule has 1 aliphatic rings. The summed E-state index contributed by atoms with van der Waals surface area (Å²) >= 11 is 0. The van der Waals surface area contributed by atoms with Gasteiger partial charge in [-0.2, -0.15) is 127 Å². The van der Waals surface area contributed by atoms with Crippen LogP contribution in [0.3, 0.4) is 0 Å². The van der Waals surface area contributed by atoms with E-state index in [1.54, 1.807) is 0 Å². The highest BCUT2D eigenvalue weighted by molar-refractivity contribution is 5.20. The van der Waals surface area contributed by atoms with Crippen molar-refractivity contribution in [1.82, 2.24) is 0 Å². The molecule has 0 spiro atoms. The van der Waals surface area contributed by atoms with Gasteiger partial charge in [-0.25, -0.2) is 0 Å². The van der Waals surface area contributed by atoms with Gasteiger partial charge in [-0.05, 0) is 0 Å². The zero-order valence-corrected chi connectivity index (χ0v) is 20.8. The molecule has 1 atom stereocenters. The standard InChI is InChI=1S/C17H5F29O2/c18-4(19,6(22,23)8(26,27)10(30,31)12(34,35)14(38,39)16(42,43)44)5(20,21)7(24,25)9(28,29)11(32,33)13(36,37)15(40,41)17(45,46)48-2-3-1-47-3/h3H,1-2H2. The van der Waals surface area contributed by atoms with Gasteiger partial charge in [0.15, 0.2) is 0 Å². The van der Waals surface area contributed by atoms with Crippen LogP contribution in [0.25, 0.3) is 0 Å². The van der Waals surface area contributed by atoms with Gasteiger partial charge in [-0.1, -0.05) is 0 Å². The van der Waals surface area contributed by atoms with Gasteiger partial charge in [-0.15, -0.1) is 0 Å². The summed E-state index contributed by atoms with van der Waals surface area (Å²) in [6, 6.07) is 0. The topological polar surface area (TPSA) is 21.8 Å². The average molecular weight is 792 g/mol. The molecule has 0 saturated carbocycles. The molecule has 0 bridgehead atoms. The van der Waals surface area contributed by atoms with Gasteiger partial charge >= 0.3 is 83.4 Å². The van der Waals surface area contributed by atoms with Crippen LogP contribution in [0.5, 0.6) is 0 Å². The van der Waals surface area contributed by atoms with Crippen molar-refractivity contribution < 1.29 is 137 Å². The Morgan fingerprint density at radius 3 is 0.708 bits per heavy atom. The lowest BCUT2D eigenvalue weighted by molar-refractivity contribution is -0.492. The summed E-state index contributed by atoms with van der Waals surface area (Å²) in [7, 11) is 0. The lowest BCUT2D eigenvalue weighted by atomic mass is 9.84. The summed E-state index contributed by atoms with van der Waals surface area (Å²) in [6.45, 7) is -2.82. The van der Waals surface area contributed by atoms with Gasteiger partial charge in [0, 0.05) is 0 Å². The van der Waals surface area contributed by atoms with Crippen LogP contribution in [0.2, 0.25) is 0 Å². The van der Waals surface area contributed by atoms with Crippen LogP contribution in [0, 0.1) is 0 Å². The summed E-state index contributed by atoms with van der Waals surface area (Å²) in [4.78, 5) is 0. The van der Waals surface area contributed by atoms with Crippen molar-refractivity contribution in [2.24, 2.45) is 0 Å². The van der Waals surface area contributed by atoms with E-state index < -0.39 is 103 Å². The van der Waals surface area contributed by atoms with E-state index in [0.717, 1.165) is 0 Å². The van der Waals surface area contributed by atoms with Crippen LogP contribution >= 0.6 is 0 Å². The fourth-order valence-electron chi connectivity index (χ4n) is 2.78. The molecule has 1 rings (SSSR count). The van der Waals surface area contributed by atoms with Gasteiger partial charge in [0.1, 0.15) is 6.10 Å². The van der Waals surface area contributed by atoms with Crippen molar-refractivity contribution >= 4 is 0 Å². The fraction of sp³-hybridized carbons (Fsp3) is 1.00. The molecule has 31 heteroatoms. The van der Waals surface area contributed by atoms with Crippen LogP contribution in [-0.4, -0.2) is 103 Å². The van der Waals surface area contributed by atoms with E-state index in [1.807, 2.05) is 0 Å². The number of alkyl halides is 29. The van der Waals surface area contributed by atoms with Crippen LogP contribution in [0.4, 0.5) is 127 Å². The normalized spacial score (nSPS) is 19.6. The van der Waals surface area contributed by atoms with E-state index in [9.17, 15) is 127 Å². The zero-order valence-electron chi connectivity index (χ0n) is 20.8. The Bertz CT molecular complexity index is 1170. The number of hydrogen-bond donors (Lipinski definition) is 0. The maximum absolute atomic E-state index is 13.8. The highest BCUT2D eigenvalue weighted by Gasteiger charge is 3.01. The quantitative estimate of drug-likeness (QED) is 0.122. The number of halogens is 29. The third-order valence-corrected chi connectivity index (χ3v) is 5.91. The van der Waals surface area contributed by atoms with E-state index in [0.29, 0.717) is 0 Å². The summed E-state index contributed by atoms with van der Waals surface area (Å²) in [5.41, 5.74) is 0. The average Bonchev–Trinajstić information content (AvgIpc) is 3.70. The number of ether oxygens (including phenoxy) is 2. The molecule has 288 valence electrons. The Morgan fingerprint density at radius 1 is 0.333 bits per heavy atom. The predicted octanol–water partition coefficient (Wildman–Crippen LogP) is 9.18. The van der Waals surface area contributed by atoms with Crippen LogP contribution in [-0.2, 0) is 9.47 Å². The maximum atomic E-state index is 13.8. The molecule has 1 saturated heterocycles. The number of epoxide rings is 1. The fourth-order valence-corrected chi connectivity index (χ4v) is 2.78. The number of hydrogen-bond acceptors (Lipinski definition) is 2. The molecule has 1 unspecified atom stereocenters. The SMILES string of the molecule is FC(F)(F)C(F)(F)C(F)(F)C(F)(F)C(F)(F)C(F)(F)C(F)(F)C(F)(F)C(F)(F)C(F)(F)C(F)(F)C(F)(F)C(F)(F)C(F)(F)OCC1CO1. The second kappa shape index (κ2) is 10.9. The summed E-state index contributed by atoms with van der Waals surface area (Å²) in [5, 5.41) is 0. The summed E-state index contributed by atoms with van der Waals surface area (Å²) < 4.78 is 395. The summed E-state index contributed by atoms with van der Waals surface area (Å²) in [5.74, 6) is -114. The van der Waals surface area contributed by atoms with Crippen molar-refractivity contribution in [1.29, 1.82) is 0 Å². The Morgan fingerprint density at radius 2 is 0.521 bits per heavy atom. The van der Waals surface area contributed by atoms with E-state index in [-0.39, 0.29) is 0 Å². The third kappa shape index (κ3) is 5.26. The van der Waals surface area contributed by atoms with Crippen LogP contribution in [0.15, 0.2) is 0 Å². The molecule has 0 N–H and O–H groups in total. The molecule has 0 radical (unpaired) electrons. The molecule has 2 nitrogen and oxygen atoms in total. The minimum atomic E-state index is -9.94. The van der Waals surface area contributed by atoms with Gasteiger partial charge < -0.3 is 9.47 Å².